The molecule has 2 amide bonds. The van der Waals surface area contributed by atoms with E-state index in [0.29, 0.717) is 27.1 Å². The molecule has 30 heavy (non-hydrogen) atoms. The first-order chi connectivity index (χ1) is 14.3. The monoisotopic (exact) mass is 448 g/mol. The van der Waals surface area contributed by atoms with E-state index >= 15 is 0 Å². The van der Waals surface area contributed by atoms with Gasteiger partial charge in [0.15, 0.2) is 5.69 Å². The number of nitrogens with two attached hydrogens (primary N) is 1. The summed E-state index contributed by atoms with van der Waals surface area (Å²) in [7, 11) is 0. The first kappa shape index (κ1) is 20.1. The van der Waals surface area contributed by atoms with E-state index in [0.717, 1.165) is 0 Å². The SMILES string of the molecule is NC(=O)c1nn(-c2c(Cl)cccc2Cl)cc1Nc1ccc(C(=O)N2CC(F)C2)cn1. The largest absolute Gasteiger partial charge is 0.364 e. The van der Waals surface area contributed by atoms with Crippen LogP contribution in [-0.4, -0.2) is 50.7 Å². The van der Waals surface area contributed by atoms with Gasteiger partial charge in [-0.1, -0.05) is 29.3 Å². The minimum atomic E-state index is -0.974. The molecule has 4 rings (SSSR count). The lowest BCUT2D eigenvalue weighted by Crippen LogP contribution is -2.51. The molecule has 1 fully saturated rings. The Morgan fingerprint density at radius 1 is 1.17 bits per heavy atom. The number of primary amides is 1. The molecule has 1 saturated heterocycles. The molecule has 11 heteroatoms. The molecule has 3 N–H and O–H groups in total. The molecule has 154 valence electrons. The minimum Gasteiger partial charge on any atom is -0.364 e. The van der Waals surface area contributed by atoms with Crippen molar-refractivity contribution in [2.24, 2.45) is 5.73 Å². The van der Waals surface area contributed by atoms with Crippen molar-refractivity contribution in [3.05, 3.63) is 64.0 Å². The highest BCUT2D eigenvalue weighted by Crippen LogP contribution is 2.30. The average molecular weight is 449 g/mol. The fourth-order valence-corrected chi connectivity index (χ4v) is 3.55. The molecule has 1 aliphatic rings. The van der Waals surface area contributed by atoms with Crippen LogP contribution in [-0.2, 0) is 0 Å². The van der Waals surface area contributed by atoms with Crippen molar-refractivity contribution >= 4 is 46.5 Å². The lowest BCUT2D eigenvalue weighted by molar-refractivity contribution is 0.0400. The molecule has 3 heterocycles. The molecular weight excluding hydrogens is 434 g/mol. The number of carbonyl (C=O) groups excluding carboxylic acids is 2. The van der Waals surface area contributed by atoms with E-state index in [1.54, 1.807) is 30.3 Å². The second-order valence-corrected chi connectivity index (χ2v) is 7.45. The van der Waals surface area contributed by atoms with Gasteiger partial charge >= 0.3 is 0 Å². The maximum atomic E-state index is 12.9. The summed E-state index contributed by atoms with van der Waals surface area (Å²) >= 11 is 12.4. The average Bonchev–Trinajstić information content (AvgIpc) is 3.09. The molecule has 2 aromatic heterocycles. The topological polar surface area (TPSA) is 106 Å². The van der Waals surface area contributed by atoms with E-state index in [4.69, 9.17) is 28.9 Å². The van der Waals surface area contributed by atoms with Crippen LogP contribution in [0.1, 0.15) is 20.8 Å². The van der Waals surface area contributed by atoms with Gasteiger partial charge in [0.2, 0.25) is 0 Å². The number of likely N-dealkylation sites (tertiary alicyclic amines) is 1. The Hall–Kier alpha value is -3.17. The summed E-state index contributed by atoms with van der Waals surface area (Å²) in [5.41, 5.74) is 6.42. The highest BCUT2D eigenvalue weighted by Gasteiger charge is 2.31. The standard InChI is InChI=1S/C19H15Cl2FN6O2/c20-12-2-1-3-13(21)17(12)28-9-14(16(26-28)18(23)29)25-15-5-4-10(6-24-15)19(30)27-7-11(22)8-27/h1-6,9,11H,7-8H2,(H2,23,29)(H,24,25). The number of nitrogens with one attached hydrogen (secondary N) is 1. The summed E-state index contributed by atoms with van der Waals surface area (Å²) in [4.78, 5) is 29.6. The number of pyridine rings is 1. The van der Waals surface area contributed by atoms with Gasteiger partial charge in [0.25, 0.3) is 11.8 Å². The van der Waals surface area contributed by atoms with Gasteiger partial charge in [0.05, 0.1) is 40.6 Å². The molecule has 0 bridgehead atoms. The Balaban J connectivity index is 1.59. The van der Waals surface area contributed by atoms with Crippen LogP contribution in [0.2, 0.25) is 10.0 Å². The van der Waals surface area contributed by atoms with E-state index in [2.05, 4.69) is 15.4 Å². The van der Waals surface area contributed by atoms with E-state index in [1.165, 1.54) is 22.0 Å². The van der Waals surface area contributed by atoms with Crippen LogP contribution in [0.5, 0.6) is 0 Å². The normalized spacial score (nSPS) is 13.8. The number of carbonyl (C=O) groups is 2. The number of alkyl halides is 1. The Kier molecular flexibility index (Phi) is 5.31. The second kappa shape index (κ2) is 7.92. The zero-order valence-corrected chi connectivity index (χ0v) is 16.9. The van der Waals surface area contributed by atoms with Crippen LogP contribution < -0.4 is 11.1 Å². The van der Waals surface area contributed by atoms with Crippen molar-refractivity contribution in [3.8, 4) is 5.69 Å². The van der Waals surface area contributed by atoms with Crippen molar-refractivity contribution in [3.63, 3.8) is 0 Å². The molecule has 8 nitrogen and oxygen atoms in total. The number of amides is 2. The summed E-state index contributed by atoms with van der Waals surface area (Å²) < 4.78 is 14.3. The van der Waals surface area contributed by atoms with Gasteiger partial charge in [-0.25, -0.2) is 14.1 Å². The number of hydrogen-bond acceptors (Lipinski definition) is 5. The van der Waals surface area contributed by atoms with Crippen LogP contribution >= 0.6 is 23.2 Å². The predicted molar refractivity (Wildman–Crippen MR) is 110 cm³/mol. The zero-order valence-electron chi connectivity index (χ0n) is 15.3. The van der Waals surface area contributed by atoms with Crippen molar-refractivity contribution in [2.75, 3.05) is 18.4 Å². The molecule has 0 spiro atoms. The van der Waals surface area contributed by atoms with Crippen LogP contribution in [0.25, 0.3) is 5.69 Å². The zero-order chi connectivity index (χ0) is 21.4. The molecule has 0 aliphatic carbocycles. The van der Waals surface area contributed by atoms with Crippen molar-refractivity contribution < 1.29 is 14.0 Å². The van der Waals surface area contributed by atoms with Gasteiger partial charge in [0.1, 0.15) is 17.7 Å². The van der Waals surface area contributed by atoms with E-state index in [1.807, 2.05) is 0 Å². The highest BCUT2D eigenvalue weighted by molar-refractivity contribution is 6.37. The quantitative estimate of drug-likeness (QED) is 0.623. The number of rotatable bonds is 5. The van der Waals surface area contributed by atoms with Gasteiger partial charge in [-0.15, -0.1) is 0 Å². The summed E-state index contributed by atoms with van der Waals surface area (Å²) in [5, 5.41) is 7.81. The van der Waals surface area contributed by atoms with Crippen LogP contribution in [0.15, 0.2) is 42.7 Å². The number of halogens is 3. The lowest BCUT2D eigenvalue weighted by atomic mass is 10.1. The number of hydrogen-bond donors (Lipinski definition) is 2. The third kappa shape index (κ3) is 3.81. The van der Waals surface area contributed by atoms with Crippen LogP contribution in [0.4, 0.5) is 15.9 Å². The number of benzene rings is 1. The molecule has 0 unspecified atom stereocenters. The van der Waals surface area contributed by atoms with Gasteiger partial charge in [-0.2, -0.15) is 5.10 Å². The number of nitrogens with zero attached hydrogens (tertiary/aromatic N) is 4. The number of anilines is 2. The number of aromatic nitrogens is 3. The van der Waals surface area contributed by atoms with Crippen molar-refractivity contribution in [1.29, 1.82) is 0 Å². The maximum absolute atomic E-state index is 12.9. The van der Waals surface area contributed by atoms with E-state index < -0.39 is 12.1 Å². The highest BCUT2D eigenvalue weighted by atomic mass is 35.5. The van der Waals surface area contributed by atoms with E-state index in [9.17, 15) is 14.0 Å². The first-order valence-electron chi connectivity index (χ1n) is 8.83. The maximum Gasteiger partial charge on any atom is 0.271 e. The Morgan fingerprint density at radius 3 is 2.43 bits per heavy atom. The van der Waals surface area contributed by atoms with Gasteiger partial charge in [-0.05, 0) is 24.3 Å². The summed E-state index contributed by atoms with van der Waals surface area (Å²) in [6, 6.07) is 8.09. The molecule has 0 saturated carbocycles. The predicted octanol–water partition coefficient (Wildman–Crippen LogP) is 3.21. The summed E-state index contributed by atoms with van der Waals surface area (Å²) in [6.07, 6.45) is 1.91. The molecule has 0 atom stereocenters. The lowest BCUT2D eigenvalue weighted by Gasteiger charge is -2.34. The van der Waals surface area contributed by atoms with Gasteiger partial charge in [-0.3, -0.25) is 9.59 Å². The molecule has 1 aliphatic heterocycles. The number of para-hydroxylation sites is 1. The Labute approximate surface area is 180 Å². The molecular formula is C19H15Cl2FN6O2. The fourth-order valence-electron chi connectivity index (χ4n) is 2.98. The first-order valence-corrected chi connectivity index (χ1v) is 9.59. The fraction of sp³-hybridized carbons (Fsp3) is 0.158. The summed E-state index contributed by atoms with van der Waals surface area (Å²) in [5.74, 6) is -0.697. The van der Waals surface area contributed by atoms with Gasteiger partial charge in [0, 0.05) is 6.20 Å². The van der Waals surface area contributed by atoms with Gasteiger partial charge < -0.3 is 16.0 Å². The smallest absolute Gasteiger partial charge is 0.271 e. The Morgan fingerprint density at radius 2 is 1.87 bits per heavy atom. The van der Waals surface area contributed by atoms with E-state index in [-0.39, 0.29) is 30.4 Å². The molecule has 3 aromatic rings. The van der Waals surface area contributed by atoms with Crippen LogP contribution in [0, 0.1) is 0 Å². The van der Waals surface area contributed by atoms with Crippen LogP contribution in [0.3, 0.4) is 0 Å². The van der Waals surface area contributed by atoms with Crippen molar-refractivity contribution in [2.45, 2.75) is 6.17 Å². The van der Waals surface area contributed by atoms with Crippen molar-refractivity contribution in [1.82, 2.24) is 19.7 Å². The Bertz CT molecular complexity index is 1110. The molecule has 1 aromatic carbocycles. The third-order valence-electron chi connectivity index (χ3n) is 4.51. The molecule has 0 radical (unpaired) electrons. The summed E-state index contributed by atoms with van der Waals surface area (Å²) in [6.45, 7) is 0.176. The minimum absolute atomic E-state index is 0.0393. The second-order valence-electron chi connectivity index (χ2n) is 6.63. The third-order valence-corrected chi connectivity index (χ3v) is 5.12.